The predicted octanol–water partition coefficient (Wildman–Crippen LogP) is 4.22. The maximum Gasteiger partial charge on any atom is 0.318 e. The molecule has 1 aliphatic rings. The van der Waals surface area contributed by atoms with Crippen molar-refractivity contribution in [1.82, 2.24) is 15.1 Å². The summed E-state index contributed by atoms with van der Waals surface area (Å²) in [4.78, 5) is 44.0. The first-order valence-electron chi connectivity index (χ1n) is 13.5. The van der Waals surface area contributed by atoms with Crippen LogP contribution in [0.25, 0.3) is 0 Å². The predicted molar refractivity (Wildman–Crippen MR) is 157 cm³/mol. The summed E-state index contributed by atoms with van der Waals surface area (Å²) >= 11 is 0. The van der Waals surface area contributed by atoms with Gasteiger partial charge in [-0.25, -0.2) is 4.79 Å². The number of rotatable bonds is 9. The third-order valence-corrected chi connectivity index (χ3v) is 6.67. The summed E-state index contributed by atoms with van der Waals surface area (Å²) in [5.74, 6) is 0.471. The lowest BCUT2D eigenvalue weighted by Crippen LogP contribution is -2.48. The zero-order chi connectivity index (χ0) is 28.5. The molecule has 0 saturated carbocycles. The summed E-state index contributed by atoms with van der Waals surface area (Å²) in [5, 5.41) is 5.78. The van der Waals surface area contributed by atoms with Gasteiger partial charge in [0.15, 0.2) is 0 Å². The summed E-state index contributed by atoms with van der Waals surface area (Å²) < 4.78 is 5.17. The van der Waals surface area contributed by atoms with Crippen molar-refractivity contribution in [2.45, 2.75) is 26.4 Å². The van der Waals surface area contributed by atoms with E-state index in [1.807, 2.05) is 73.3 Å². The molecule has 1 aliphatic heterocycles. The van der Waals surface area contributed by atoms with Gasteiger partial charge in [-0.2, -0.15) is 0 Å². The number of methoxy groups -OCH3 is 1. The van der Waals surface area contributed by atoms with Crippen LogP contribution < -0.4 is 20.3 Å². The summed E-state index contributed by atoms with van der Waals surface area (Å²) in [6.45, 7) is 6.72. The number of carbonyl (C=O) groups excluding carboxylic acids is 3. The van der Waals surface area contributed by atoms with E-state index in [2.05, 4.69) is 15.5 Å². The van der Waals surface area contributed by atoms with Crippen LogP contribution in [0.1, 0.15) is 29.8 Å². The number of urea groups is 1. The Morgan fingerprint density at radius 3 is 2.12 bits per heavy atom. The Hall–Kier alpha value is -4.53. The molecule has 3 aromatic carbocycles. The maximum atomic E-state index is 12.9. The van der Waals surface area contributed by atoms with Gasteiger partial charge in [-0.3, -0.25) is 9.59 Å². The summed E-state index contributed by atoms with van der Waals surface area (Å²) in [7, 11) is 1.60. The molecule has 0 radical (unpaired) electrons. The van der Waals surface area contributed by atoms with E-state index in [4.69, 9.17) is 4.74 Å². The Morgan fingerprint density at radius 1 is 0.875 bits per heavy atom. The molecule has 0 bridgehead atoms. The third-order valence-electron chi connectivity index (χ3n) is 6.67. The highest BCUT2D eigenvalue weighted by Gasteiger charge is 2.23. The fourth-order valence-electron chi connectivity index (χ4n) is 4.55. The van der Waals surface area contributed by atoms with E-state index >= 15 is 0 Å². The zero-order valence-electron chi connectivity index (χ0n) is 23.3. The van der Waals surface area contributed by atoms with Crippen molar-refractivity contribution in [1.29, 1.82) is 0 Å². The number of carbonyl (C=O) groups is 3. The van der Waals surface area contributed by atoms with Gasteiger partial charge >= 0.3 is 6.03 Å². The van der Waals surface area contributed by atoms with E-state index < -0.39 is 0 Å². The molecule has 9 nitrogen and oxygen atoms in total. The minimum Gasteiger partial charge on any atom is -0.497 e. The first-order valence-corrected chi connectivity index (χ1v) is 13.5. The van der Waals surface area contributed by atoms with Crippen LogP contribution in [0, 0.1) is 0 Å². The molecule has 3 aromatic rings. The smallest absolute Gasteiger partial charge is 0.318 e. The molecule has 40 heavy (non-hydrogen) atoms. The van der Waals surface area contributed by atoms with E-state index in [0.29, 0.717) is 44.0 Å². The van der Waals surface area contributed by atoms with Crippen LogP contribution in [0.15, 0.2) is 78.9 Å². The Bertz CT molecular complexity index is 1270. The van der Waals surface area contributed by atoms with E-state index in [9.17, 15) is 14.4 Å². The fourth-order valence-corrected chi connectivity index (χ4v) is 4.55. The molecular formula is C31H37N5O4. The van der Waals surface area contributed by atoms with E-state index in [1.165, 1.54) is 4.90 Å². The highest BCUT2D eigenvalue weighted by molar-refractivity contribution is 5.95. The summed E-state index contributed by atoms with van der Waals surface area (Å²) in [5.41, 5.74) is 3.28. The standard InChI is InChI=1S/C31H37N5O4/c1-23(2)32-31(39)36(21-24-7-5-4-6-8-24)22-29(37)33-26-11-13-27(14-12-26)34-17-19-35(20-18-34)30(38)25-9-15-28(40-3)16-10-25/h4-16,23H,17-22H2,1-3H3,(H,32,39)(H,33,37). The van der Waals surface area contributed by atoms with Gasteiger partial charge in [-0.15, -0.1) is 0 Å². The Balaban J connectivity index is 1.30. The fraction of sp³-hybridized carbons (Fsp3) is 0.323. The Kier molecular flexibility index (Phi) is 9.62. The van der Waals surface area contributed by atoms with Crippen LogP contribution in [0.3, 0.4) is 0 Å². The third kappa shape index (κ3) is 7.75. The lowest BCUT2D eigenvalue weighted by atomic mass is 10.1. The second-order valence-corrected chi connectivity index (χ2v) is 10.0. The number of piperazine rings is 1. The minimum atomic E-state index is -0.283. The lowest BCUT2D eigenvalue weighted by Gasteiger charge is -2.36. The molecule has 210 valence electrons. The topological polar surface area (TPSA) is 94.2 Å². The van der Waals surface area contributed by atoms with Crippen LogP contribution in [0.5, 0.6) is 5.75 Å². The largest absolute Gasteiger partial charge is 0.497 e. The quantitative estimate of drug-likeness (QED) is 0.422. The van der Waals surface area contributed by atoms with Crippen molar-refractivity contribution >= 4 is 29.2 Å². The van der Waals surface area contributed by atoms with Crippen LogP contribution >= 0.6 is 0 Å². The second-order valence-electron chi connectivity index (χ2n) is 10.0. The van der Waals surface area contributed by atoms with Gasteiger partial charge < -0.3 is 30.1 Å². The molecule has 0 aromatic heterocycles. The molecule has 1 saturated heterocycles. The molecule has 0 unspecified atom stereocenters. The SMILES string of the molecule is COc1ccc(C(=O)N2CCN(c3ccc(NC(=O)CN(Cc4ccccc4)C(=O)NC(C)C)cc3)CC2)cc1. The van der Waals surface area contributed by atoms with Crippen molar-refractivity contribution in [2.24, 2.45) is 0 Å². The van der Waals surface area contributed by atoms with Crippen LogP contribution in [0.4, 0.5) is 16.2 Å². The van der Waals surface area contributed by atoms with Gasteiger partial charge in [0.05, 0.1) is 7.11 Å². The van der Waals surface area contributed by atoms with Crippen LogP contribution in [0.2, 0.25) is 0 Å². The number of benzene rings is 3. The first kappa shape index (κ1) is 28.5. The second kappa shape index (κ2) is 13.5. The molecule has 0 aliphatic carbocycles. The molecular weight excluding hydrogens is 506 g/mol. The van der Waals surface area contributed by atoms with Gasteiger partial charge in [0.25, 0.3) is 5.91 Å². The highest BCUT2D eigenvalue weighted by atomic mass is 16.5. The molecule has 2 N–H and O–H groups in total. The van der Waals surface area contributed by atoms with Crippen LogP contribution in [-0.4, -0.2) is 73.5 Å². The van der Waals surface area contributed by atoms with Crippen LogP contribution in [-0.2, 0) is 11.3 Å². The molecule has 4 amide bonds. The highest BCUT2D eigenvalue weighted by Crippen LogP contribution is 2.21. The van der Waals surface area contributed by atoms with Crippen molar-refractivity contribution in [3.63, 3.8) is 0 Å². The van der Waals surface area contributed by atoms with Gasteiger partial charge in [0.2, 0.25) is 5.91 Å². The normalized spacial score (nSPS) is 13.1. The van der Waals surface area contributed by atoms with E-state index in [-0.39, 0.29) is 30.4 Å². The summed E-state index contributed by atoms with van der Waals surface area (Å²) in [6.07, 6.45) is 0. The Morgan fingerprint density at radius 2 is 1.52 bits per heavy atom. The number of hydrogen-bond acceptors (Lipinski definition) is 5. The molecule has 4 rings (SSSR count). The van der Waals surface area contributed by atoms with Crippen molar-refractivity contribution in [3.8, 4) is 5.75 Å². The monoisotopic (exact) mass is 543 g/mol. The average molecular weight is 544 g/mol. The van der Waals surface area contributed by atoms with Gasteiger partial charge in [0.1, 0.15) is 12.3 Å². The van der Waals surface area contributed by atoms with E-state index in [0.717, 1.165) is 17.0 Å². The number of ether oxygens (including phenoxy) is 1. The average Bonchev–Trinajstić information content (AvgIpc) is 2.97. The molecule has 0 spiro atoms. The first-order chi connectivity index (χ1) is 19.3. The molecule has 1 fully saturated rings. The maximum absolute atomic E-state index is 12.9. The number of anilines is 2. The van der Waals surface area contributed by atoms with Gasteiger partial charge in [-0.05, 0) is 67.9 Å². The number of nitrogens with zero attached hydrogens (tertiary/aromatic N) is 3. The number of nitrogens with one attached hydrogen (secondary N) is 2. The van der Waals surface area contributed by atoms with Crippen molar-refractivity contribution in [3.05, 3.63) is 90.0 Å². The summed E-state index contributed by atoms with van der Waals surface area (Å²) in [6, 6.07) is 24.1. The zero-order valence-corrected chi connectivity index (χ0v) is 23.3. The number of amides is 4. The molecule has 9 heteroatoms. The van der Waals surface area contributed by atoms with Crippen molar-refractivity contribution in [2.75, 3.05) is 50.1 Å². The van der Waals surface area contributed by atoms with Gasteiger partial charge in [-0.1, -0.05) is 30.3 Å². The number of hydrogen-bond donors (Lipinski definition) is 2. The minimum absolute atomic E-state index is 0.0174. The molecule has 1 heterocycles. The van der Waals surface area contributed by atoms with Gasteiger partial charge in [0, 0.05) is 55.7 Å². The lowest BCUT2D eigenvalue weighted by molar-refractivity contribution is -0.116. The van der Waals surface area contributed by atoms with E-state index in [1.54, 1.807) is 31.4 Å². The van der Waals surface area contributed by atoms with Crippen molar-refractivity contribution < 1.29 is 19.1 Å². The molecule has 0 atom stereocenters. The Labute approximate surface area is 235 Å².